The number of nitriles is 1. The number of carbonyl (C=O) groups is 1. The number of carboxylic acids is 1. The predicted molar refractivity (Wildman–Crippen MR) is 67.2 cm³/mol. The van der Waals surface area contributed by atoms with Gasteiger partial charge in [-0.1, -0.05) is 11.6 Å². The molecule has 0 aliphatic carbocycles. The number of hydrogen-bond donors (Lipinski definition) is 1. The van der Waals surface area contributed by atoms with Gasteiger partial charge in [-0.3, -0.25) is 0 Å². The molecule has 2 rings (SSSR count). The second kappa shape index (κ2) is 5.19. The number of aromatic nitrogens is 1. The lowest BCUT2D eigenvalue weighted by Gasteiger charge is -2.08. The summed E-state index contributed by atoms with van der Waals surface area (Å²) in [7, 11) is 0. The Bertz CT molecular complexity index is 657. The second-order valence-corrected chi connectivity index (χ2v) is 3.90. The summed E-state index contributed by atoms with van der Waals surface area (Å²) >= 11 is 0. The lowest BCUT2D eigenvalue weighted by Crippen LogP contribution is -2.01. The highest BCUT2D eigenvalue weighted by molar-refractivity contribution is 5.91. The van der Waals surface area contributed by atoms with Crippen LogP contribution in [0.5, 0.6) is 11.6 Å². The van der Waals surface area contributed by atoms with Crippen LogP contribution >= 0.6 is 0 Å². The van der Waals surface area contributed by atoms with E-state index >= 15 is 0 Å². The first kappa shape index (κ1) is 12.6. The van der Waals surface area contributed by atoms with Crippen molar-refractivity contribution in [3.63, 3.8) is 0 Å². The Kier molecular flexibility index (Phi) is 3.44. The van der Waals surface area contributed by atoms with E-state index in [1.54, 1.807) is 25.1 Å². The summed E-state index contributed by atoms with van der Waals surface area (Å²) in [5.74, 6) is -0.604. The van der Waals surface area contributed by atoms with Crippen LogP contribution in [-0.4, -0.2) is 16.1 Å². The van der Waals surface area contributed by atoms with Crippen molar-refractivity contribution in [3.8, 4) is 17.7 Å². The summed E-state index contributed by atoms with van der Waals surface area (Å²) in [6.07, 6.45) is 1.37. The van der Waals surface area contributed by atoms with E-state index in [9.17, 15) is 4.79 Å². The van der Waals surface area contributed by atoms with Gasteiger partial charge < -0.3 is 9.84 Å². The largest absolute Gasteiger partial charge is 0.478 e. The molecule has 0 saturated carbocycles. The molecular formula is C14H10N2O3. The molecular weight excluding hydrogens is 244 g/mol. The molecule has 0 bridgehead atoms. The molecule has 2 aromatic rings. The maximum atomic E-state index is 11.1. The molecule has 0 spiro atoms. The van der Waals surface area contributed by atoms with Gasteiger partial charge in [0.15, 0.2) is 0 Å². The van der Waals surface area contributed by atoms with Crippen LogP contribution in [0.2, 0.25) is 0 Å². The van der Waals surface area contributed by atoms with Gasteiger partial charge in [0.1, 0.15) is 17.4 Å². The topological polar surface area (TPSA) is 83.2 Å². The zero-order chi connectivity index (χ0) is 13.8. The molecule has 0 aliphatic rings. The number of benzene rings is 1. The van der Waals surface area contributed by atoms with E-state index < -0.39 is 5.97 Å². The minimum atomic E-state index is -1.06. The van der Waals surface area contributed by atoms with Gasteiger partial charge in [-0.25, -0.2) is 9.78 Å². The summed E-state index contributed by atoms with van der Waals surface area (Å²) in [6, 6.07) is 9.88. The number of aromatic carboxylic acids is 1. The normalized spacial score (nSPS) is 9.68. The molecule has 1 aromatic carbocycles. The first-order valence-corrected chi connectivity index (χ1v) is 5.48. The fourth-order valence-electron chi connectivity index (χ4n) is 1.52. The molecule has 0 radical (unpaired) electrons. The lowest BCUT2D eigenvalue weighted by molar-refractivity contribution is 0.0694. The van der Waals surface area contributed by atoms with Crippen molar-refractivity contribution in [1.82, 2.24) is 4.98 Å². The standard InChI is InChI=1S/C14H10N2O3/c1-9-2-4-12(11(6-9)14(17)18)19-13-5-3-10(7-15)8-16-13/h2-6,8H,1H3,(H,17,18). The molecule has 1 N–H and O–H groups in total. The van der Waals surface area contributed by atoms with Crippen LogP contribution in [0, 0.1) is 18.3 Å². The van der Waals surface area contributed by atoms with Crippen molar-refractivity contribution < 1.29 is 14.6 Å². The van der Waals surface area contributed by atoms with Crippen molar-refractivity contribution in [2.75, 3.05) is 0 Å². The highest BCUT2D eigenvalue weighted by atomic mass is 16.5. The Labute approximate surface area is 109 Å². The smallest absolute Gasteiger partial charge is 0.339 e. The summed E-state index contributed by atoms with van der Waals surface area (Å²) in [4.78, 5) is 15.1. The average molecular weight is 254 g/mol. The van der Waals surface area contributed by atoms with Crippen LogP contribution < -0.4 is 4.74 Å². The number of carboxylic acid groups (broad SMARTS) is 1. The minimum Gasteiger partial charge on any atom is -0.478 e. The third-order valence-electron chi connectivity index (χ3n) is 2.45. The van der Waals surface area contributed by atoms with Crippen LogP contribution in [0.3, 0.4) is 0 Å². The van der Waals surface area contributed by atoms with E-state index in [0.29, 0.717) is 5.56 Å². The molecule has 5 nitrogen and oxygen atoms in total. The van der Waals surface area contributed by atoms with Crippen LogP contribution in [-0.2, 0) is 0 Å². The minimum absolute atomic E-state index is 0.0751. The van der Waals surface area contributed by atoms with Crippen molar-refractivity contribution in [1.29, 1.82) is 5.26 Å². The number of aryl methyl sites for hydroxylation is 1. The Hall–Kier alpha value is -2.87. The maximum absolute atomic E-state index is 11.1. The zero-order valence-electron chi connectivity index (χ0n) is 10.1. The van der Waals surface area contributed by atoms with Crippen LogP contribution in [0.4, 0.5) is 0 Å². The van der Waals surface area contributed by atoms with E-state index in [-0.39, 0.29) is 17.2 Å². The molecule has 5 heteroatoms. The second-order valence-electron chi connectivity index (χ2n) is 3.90. The molecule has 0 amide bonds. The summed E-state index contributed by atoms with van der Waals surface area (Å²) in [6.45, 7) is 1.80. The number of hydrogen-bond acceptors (Lipinski definition) is 4. The molecule has 19 heavy (non-hydrogen) atoms. The van der Waals surface area contributed by atoms with Gasteiger partial charge in [-0.15, -0.1) is 0 Å². The van der Waals surface area contributed by atoms with Gasteiger partial charge in [-0.2, -0.15) is 5.26 Å². The zero-order valence-corrected chi connectivity index (χ0v) is 10.1. The van der Waals surface area contributed by atoms with Gasteiger partial charge in [0.2, 0.25) is 5.88 Å². The molecule has 0 atom stereocenters. The third-order valence-corrected chi connectivity index (χ3v) is 2.45. The SMILES string of the molecule is Cc1ccc(Oc2ccc(C#N)cn2)c(C(=O)O)c1. The number of rotatable bonds is 3. The quantitative estimate of drug-likeness (QED) is 0.910. The molecule has 0 fully saturated rings. The molecule has 0 unspecified atom stereocenters. The Balaban J connectivity index is 2.32. The van der Waals surface area contributed by atoms with Gasteiger partial charge >= 0.3 is 5.97 Å². The van der Waals surface area contributed by atoms with E-state index in [0.717, 1.165) is 5.56 Å². The Morgan fingerprint density at radius 2 is 2.16 bits per heavy atom. The van der Waals surface area contributed by atoms with E-state index in [4.69, 9.17) is 15.1 Å². The summed E-state index contributed by atoms with van der Waals surface area (Å²) < 4.78 is 5.42. The number of ether oxygens (including phenoxy) is 1. The Morgan fingerprint density at radius 1 is 1.37 bits per heavy atom. The fourth-order valence-corrected chi connectivity index (χ4v) is 1.52. The molecule has 1 heterocycles. The molecule has 0 saturated heterocycles. The fraction of sp³-hybridized carbons (Fsp3) is 0.0714. The Morgan fingerprint density at radius 3 is 2.74 bits per heavy atom. The van der Waals surface area contributed by atoms with E-state index in [1.165, 1.54) is 18.3 Å². The van der Waals surface area contributed by atoms with Crippen molar-refractivity contribution in [3.05, 3.63) is 53.2 Å². The monoisotopic (exact) mass is 254 g/mol. The molecule has 0 aliphatic heterocycles. The van der Waals surface area contributed by atoms with Gasteiger partial charge in [0, 0.05) is 12.3 Å². The highest BCUT2D eigenvalue weighted by Crippen LogP contribution is 2.25. The third kappa shape index (κ3) is 2.87. The van der Waals surface area contributed by atoms with Crippen LogP contribution in [0.15, 0.2) is 36.5 Å². The van der Waals surface area contributed by atoms with Gasteiger partial charge in [-0.05, 0) is 25.1 Å². The van der Waals surface area contributed by atoms with E-state index in [1.807, 2.05) is 6.07 Å². The first-order chi connectivity index (χ1) is 9.10. The van der Waals surface area contributed by atoms with Gasteiger partial charge in [0.05, 0.1) is 5.56 Å². The number of nitrogens with zero attached hydrogens (tertiary/aromatic N) is 2. The van der Waals surface area contributed by atoms with E-state index in [2.05, 4.69) is 4.98 Å². The highest BCUT2D eigenvalue weighted by Gasteiger charge is 2.12. The molecule has 1 aromatic heterocycles. The van der Waals surface area contributed by atoms with Crippen molar-refractivity contribution in [2.24, 2.45) is 0 Å². The van der Waals surface area contributed by atoms with Crippen LogP contribution in [0.25, 0.3) is 0 Å². The van der Waals surface area contributed by atoms with Crippen molar-refractivity contribution in [2.45, 2.75) is 6.92 Å². The predicted octanol–water partition coefficient (Wildman–Crippen LogP) is 2.75. The van der Waals surface area contributed by atoms with Gasteiger partial charge in [0.25, 0.3) is 0 Å². The van der Waals surface area contributed by atoms with Crippen LogP contribution in [0.1, 0.15) is 21.5 Å². The number of pyridine rings is 1. The molecule has 94 valence electrons. The summed E-state index contributed by atoms with van der Waals surface area (Å²) in [5.41, 5.74) is 1.32. The summed E-state index contributed by atoms with van der Waals surface area (Å²) in [5, 5.41) is 17.8. The lowest BCUT2D eigenvalue weighted by atomic mass is 10.1. The maximum Gasteiger partial charge on any atom is 0.339 e. The average Bonchev–Trinajstić information content (AvgIpc) is 2.41. The van der Waals surface area contributed by atoms with Crippen molar-refractivity contribution >= 4 is 5.97 Å². The first-order valence-electron chi connectivity index (χ1n) is 5.48.